The van der Waals surface area contributed by atoms with Gasteiger partial charge < -0.3 is 10.6 Å². The van der Waals surface area contributed by atoms with Gasteiger partial charge >= 0.3 is 0 Å². The van der Waals surface area contributed by atoms with E-state index in [-0.39, 0.29) is 0 Å². The van der Waals surface area contributed by atoms with Crippen LogP contribution in [0.4, 0.5) is 17.5 Å². The highest BCUT2D eigenvalue weighted by molar-refractivity contribution is 14.1. The molecule has 2 rings (SSSR count). The van der Waals surface area contributed by atoms with Gasteiger partial charge in [0.2, 0.25) is 5.95 Å². The van der Waals surface area contributed by atoms with Gasteiger partial charge in [0.25, 0.3) is 0 Å². The number of nitrogens with zero attached hydrogens (tertiary/aromatic N) is 2. The summed E-state index contributed by atoms with van der Waals surface area (Å²) in [5.41, 5.74) is 2.25. The highest BCUT2D eigenvalue weighted by atomic mass is 127. The van der Waals surface area contributed by atoms with Gasteiger partial charge in [-0.05, 0) is 63.1 Å². The molecule has 0 radical (unpaired) electrons. The first-order valence-electron chi connectivity index (χ1n) is 5.34. The van der Waals surface area contributed by atoms with Crippen LogP contribution in [0.1, 0.15) is 5.56 Å². The topological polar surface area (TPSA) is 49.8 Å². The van der Waals surface area contributed by atoms with Crippen molar-refractivity contribution in [2.45, 2.75) is 6.92 Å². The number of aromatic nitrogens is 2. The number of hydrogen-bond donors (Lipinski definition) is 2. The predicted octanol–water partition coefficient (Wildman–Crippen LogP) is 3.94. The molecule has 0 fully saturated rings. The molecule has 0 aliphatic heterocycles. The quantitative estimate of drug-likeness (QED) is 0.741. The Bertz CT molecular complexity index is 574. The molecule has 0 aliphatic carbocycles. The van der Waals surface area contributed by atoms with Gasteiger partial charge in [-0.1, -0.05) is 6.07 Å². The Kier molecular flexibility index (Phi) is 4.39. The zero-order chi connectivity index (χ0) is 13.1. The summed E-state index contributed by atoms with van der Waals surface area (Å²) in [5.74, 6) is 1.34. The molecular weight excluding hydrogens is 407 g/mol. The monoisotopic (exact) mass is 418 g/mol. The number of benzene rings is 1. The van der Waals surface area contributed by atoms with E-state index in [1.54, 1.807) is 13.2 Å². The van der Waals surface area contributed by atoms with Crippen molar-refractivity contribution in [3.05, 3.63) is 38.0 Å². The van der Waals surface area contributed by atoms with Gasteiger partial charge in [0.1, 0.15) is 5.82 Å². The molecular formula is C12H12BrIN4. The van der Waals surface area contributed by atoms with E-state index in [1.165, 1.54) is 9.13 Å². The standard InChI is InChI=1S/C12H12BrIN4/c1-7-9(14)4-3-5-10(7)17-11-8(13)6-16-12(15-2)18-11/h3-6H,1-2H3,(H2,15,16,17,18). The van der Waals surface area contributed by atoms with Gasteiger partial charge in [-0.15, -0.1) is 0 Å². The fourth-order valence-electron chi connectivity index (χ4n) is 1.45. The van der Waals surface area contributed by atoms with Crippen molar-refractivity contribution < 1.29 is 0 Å². The van der Waals surface area contributed by atoms with E-state index in [4.69, 9.17) is 0 Å². The third-order valence-corrected chi connectivity index (χ3v) is 4.24. The van der Waals surface area contributed by atoms with E-state index < -0.39 is 0 Å². The summed E-state index contributed by atoms with van der Waals surface area (Å²) in [7, 11) is 1.80. The molecule has 0 amide bonds. The fourth-order valence-corrected chi connectivity index (χ4v) is 2.23. The van der Waals surface area contributed by atoms with Gasteiger partial charge in [0, 0.05) is 22.5 Å². The summed E-state index contributed by atoms with van der Waals surface area (Å²) in [4.78, 5) is 8.50. The van der Waals surface area contributed by atoms with Crippen molar-refractivity contribution in [1.82, 2.24) is 9.97 Å². The molecule has 18 heavy (non-hydrogen) atoms. The first kappa shape index (κ1) is 13.5. The van der Waals surface area contributed by atoms with Crippen molar-refractivity contribution >= 4 is 56.0 Å². The minimum absolute atomic E-state index is 0.587. The van der Waals surface area contributed by atoms with Crippen LogP contribution in [-0.2, 0) is 0 Å². The molecule has 2 aromatic rings. The van der Waals surface area contributed by atoms with Crippen molar-refractivity contribution in [2.24, 2.45) is 0 Å². The zero-order valence-electron chi connectivity index (χ0n) is 9.96. The maximum Gasteiger partial charge on any atom is 0.224 e. The van der Waals surface area contributed by atoms with Gasteiger partial charge in [0.05, 0.1) is 4.47 Å². The zero-order valence-corrected chi connectivity index (χ0v) is 13.7. The molecule has 1 aromatic heterocycles. The molecule has 4 nitrogen and oxygen atoms in total. The molecule has 0 bridgehead atoms. The molecule has 0 unspecified atom stereocenters. The molecule has 1 heterocycles. The molecule has 94 valence electrons. The number of hydrogen-bond acceptors (Lipinski definition) is 4. The molecule has 0 spiro atoms. The van der Waals surface area contributed by atoms with Gasteiger partial charge in [-0.3, -0.25) is 0 Å². The largest absolute Gasteiger partial charge is 0.357 e. The average molecular weight is 419 g/mol. The smallest absolute Gasteiger partial charge is 0.224 e. The lowest BCUT2D eigenvalue weighted by atomic mass is 10.2. The Morgan fingerprint density at radius 2 is 2.11 bits per heavy atom. The fraction of sp³-hybridized carbons (Fsp3) is 0.167. The third-order valence-electron chi connectivity index (χ3n) is 2.49. The number of nitrogens with one attached hydrogen (secondary N) is 2. The van der Waals surface area contributed by atoms with Crippen molar-refractivity contribution in [3.8, 4) is 0 Å². The number of halogens is 2. The van der Waals surface area contributed by atoms with Crippen LogP contribution in [0.2, 0.25) is 0 Å². The van der Waals surface area contributed by atoms with Gasteiger partial charge in [-0.25, -0.2) is 4.98 Å². The van der Waals surface area contributed by atoms with E-state index in [0.717, 1.165) is 16.0 Å². The van der Waals surface area contributed by atoms with Crippen molar-refractivity contribution in [2.75, 3.05) is 17.7 Å². The second-order valence-electron chi connectivity index (χ2n) is 3.68. The summed E-state index contributed by atoms with van der Waals surface area (Å²) in [5, 5.41) is 6.24. The van der Waals surface area contributed by atoms with Crippen LogP contribution < -0.4 is 10.6 Å². The van der Waals surface area contributed by atoms with Crippen LogP contribution in [0.15, 0.2) is 28.9 Å². The molecule has 1 aromatic carbocycles. The van der Waals surface area contributed by atoms with E-state index in [9.17, 15) is 0 Å². The lowest BCUT2D eigenvalue weighted by Gasteiger charge is -2.12. The highest BCUT2D eigenvalue weighted by Crippen LogP contribution is 2.27. The summed E-state index contributed by atoms with van der Waals surface area (Å²) < 4.78 is 2.05. The number of rotatable bonds is 3. The van der Waals surface area contributed by atoms with E-state index in [2.05, 4.69) is 72.1 Å². The SMILES string of the molecule is CNc1ncc(Br)c(Nc2cccc(I)c2C)n1. The van der Waals surface area contributed by atoms with E-state index in [1.807, 2.05) is 12.1 Å². The Hall–Kier alpha value is -0.890. The lowest BCUT2D eigenvalue weighted by molar-refractivity contribution is 1.14. The second-order valence-corrected chi connectivity index (χ2v) is 5.69. The molecule has 6 heteroatoms. The van der Waals surface area contributed by atoms with Crippen molar-refractivity contribution in [3.63, 3.8) is 0 Å². The maximum atomic E-state index is 4.37. The second kappa shape index (κ2) is 5.83. The molecule has 0 saturated heterocycles. The van der Waals surface area contributed by atoms with E-state index >= 15 is 0 Å². The summed E-state index contributed by atoms with van der Waals surface area (Å²) in [6.07, 6.45) is 1.73. The maximum absolute atomic E-state index is 4.37. The summed E-state index contributed by atoms with van der Waals surface area (Å²) in [6, 6.07) is 6.13. The third kappa shape index (κ3) is 2.92. The van der Waals surface area contributed by atoms with Crippen LogP contribution in [0, 0.1) is 10.5 Å². The van der Waals surface area contributed by atoms with Crippen LogP contribution in [0.25, 0.3) is 0 Å². The summed E-state index contributed by atoms with van der Waals surface area (Å²) in [6.45, 7) is 2.08. The molecule has 0 atom stereocenters. The Labute approximate surface area is 128 Å². The molecule has 2 N–H and O–H groups in total. The average Bonchev–Trinajstić information content (AvgIpc) is 2.37. The van der Waals surface area contributed by atoms with Crippen molar-refractivity contribution in [1.29, 1.82) is 0 Å². The van der Waals surface area contributed by atoms with Gasteiger partial charge in [0.15, 0.2) is 0 Å². The first-order chi connectivity index (χ1) is 8.61. The van der Waals surface area contributed by atoms with Crippen LogP contribution in [0.5, 0.6) is 0 Å². The minimum Gasteiger partial charge on any atom is -0.357 e. The van der Waals surface area contributed by atoms with Crippen LogP contribution >= 0.6 is 38.5 Å². The Morgan fingerprint density at radius 1 is 1.33 bits per heavy atom. The normalized spacial score (nSPS) is 10.2. The molecule has 0 saturated carbocycles. The lowest BCUT2D eigenvalue weighted by Crippen LogP contribution is -2.02. The molecule has 0 aliphatic rings. The Balaban J connectivity index is 2.36. The van der Waals surface area contributed by atoms with Crippen LogP contribution in [0.3, 0.4) is 0 Å². The highest BCUT2D eigenvalue weighted by Gasteiger charge is 2.07. The first-order valence-corrected chi connectivity index (χ1v) is 7.21. The number of anilines is 3. The van der Waals surface area contributed by atoms with E-state index in [0.29, 0.717) is 5.95 Å². The van der Waals surface area contributed by atoms with Gasteiger partial charge in [-0.2, -0.15) is 4.98 Å². The minimum atomic E-state index is 0.587. The summed E-state index contributed by atoms with van der Waals surface area (Å²) >= 11 is 5.76. The predicted molar refractivity (Wildman–Crippen MR) is 86.5 cm³/mol. The Morgan fingerprint density at radius 3 is 2.83 bits per heavy atom. The van der Waals surface area contributed by atoms with Crippen LogP contribution in [-0.4, -0.2) is 17.0 Å².